The fraction of sp³-hybridized carbons (Fsp3) is 0.130. The van der Waals surface area contributed by atoms with E-state index in [1.165, 1.54) is 7.11 Å². The molecule has 156 valence electrons. The van der Waals surface area contributed by atoms with Crippen LogP contribution >= 0.6 is 0 Å². The molecule has 0 bridgehead atoms. The van der Waals surface area contributed by atoms with E-state index in [0.717, 1.165) is 5.56 Å². The average Bonchev–Trinajstić information content (AvgIpc) is 3.48. The number of nitrogens with zero attached hydrogens (tertiary/aromatic N) is 2. The molecule has 8 heteroatoms. The van der Waals surface area contributed by atoms with Crippen LogP contribution in [-0.4, -0.2) is 37.2 Å². The molecule has 1 N–H and O–H groups in total. The number of benzene rings is 2. The number of para-hydroxylation sites is 1. The highest BCUT2D eigenvalue weighted by molar-refractivity contribution is 6.18. The van der Waals surface area contributed by atoms with Crippen LogP contribution < -0.4 is 5.32 Å². The molecule has 1 amide bonds. The predicted molar refractivity (Wildman–Crippen MR) is 114 cm³/mol. The minimum absolute atomic E-state index is 0.252. The van der Waals surface area contributed by atoms with Gasteiger partial charge in [0.15, 0.2) is 12.4 Å². The molecule has 1 aliphatic rings. The third-order valence-corrected chi connectivity index (χ3v) is 4.64. The third-order valence-electron chi connectivity index (χ3n) is 4.64. The fourth-order valence-corrected chi connectivity index (χ4v) is 3.22. The number of ether oxygens (including phenoxy) is 2. The largest absolute Gasteiger partial charge is 0.469 e. The van der Waals surface area contributed by atoms with Crippen molar-refractivity contribution in [1.29, 1.82) is 0 Å². The lowest BCUT2D eigenvalue weighted by molar-refractivity contribution is -0.118. The zero-order chi connectivity index (χ0) is 21.6. The lowest BCUT2D eigenvalue weighted by Gasteiger charge is -2.16. The summed E-state index contributed by atoms with van der Waals surface area (Å²) in [6, 6.07) is 19.7. The van der Waals surface area contributed by atoms with Gasteiger partial charge in [0.2, 0.25) is 5.90 Å². The number of amides is 1. The molecule has 2 aromatic carbocycles. The molecule has 0 aliphatic carbocycles. The monoisotopic (exact) mass is 417 g/mol. The van der Waals surface area contributed by atoms with Crippen LogP contribution in [0.5, 0.6) is 0 Å². The van der Waals surface area contributed by atoms with Crippen LogP contribution in [-0.2, 0) is 14.3 Å². The smallest absolute Gasteiger partial charge is 0.339 e. The van der Waals surface area contributed by atoms with Crippen LogP contribution in [0.1, 0.15) is 27.6 Å². The molecule has 1 aromatic heterocycles. The molecular formula is C23H19N3O5. The summed E-state index contributed by atoms with van der Waals surface area (Å²) in [5, 5.41) is 11.0. The number of hydrogen-bond donors (Lipinski definition) is 1. The summed E-state index contributed by atoms with van der Waals surface area (Å²) >= 11 is 0. The van der Waals surface area contributed by atoms with Crippen molar-refractivity contribution in [2.24, 2.45) is 10.2 Å². The molecule has 1 atom stereocenters. The first-order valence-corrected chi connectivity index (χ1v) is 9.51. The van der Waals surface area contributed by atoms with Crippen LogP contribution in [0.15, 0.2) is 87.6 Å². The first-order valence-electron chi connectivity index (χ1n) is 9.51. The van der Waals surface area contributed by atoms with Gasteiger partial charge in [0.1, 0.15) is 11.6 Å². The van der Waals surface area contributed by atoms with Gasteiger partial charge in [-0.15, -0.1) is 10.2 Å². The van der Waals surface area contributed by atoms with E-state index in [1.807, 2.05) is 30.3 Å². The molecule has 31 heavy (non-hydrogen) atoms. The maximum absolute atomic E-state index is 12.5. The Kier molecular flexibility index (Phi) is 5.89. The van der Waals surface area contributed by atoms with E-state index >= 15 is 0 Å². The van der Waals surface area contributed by atoms with Crippen LogP contribution in [0.25, 0.3) is 0 Å². The van der Waals surface area contributed by atoms with Crippen molar-refractivity contribution in [2.45, 2.75) is 5.92 Å². The Labute approximate surface area is 178 Å². The summed E-state index contributed by atoms with van der Waals surface area (Å²) in [6.07, 6.45) is 1.56. The summed E-state index contributed by atoms with van der Waals surface area (Å²) in [4.78, 5) is 24.4. The Morgan fingerprint density at radius 1 is 1.00 bits per heavy atom. The quantitative estimate of drug-likeness (QED) is 0.617. The van der Waals surface area contributed by atoms with E-state index in [-0.39, 0.29) is 18.1 Å². The number of carbonyl (C=O) groups excluding carboxylic acids is 2. The lowest BCUT2D eigenvalue weighted by Crippen LogP contribution is -2.26. The van der Waals surface area contributed by atoms with Gasteiger partial charge in [0, 0.05) is 0 Å². The molecule has 2 heterocycles. The lowest BCUT2D eigenvalue weighted by atomic mass is 9.93. The average molecular weight is 417 g/mol. The first kappa shape index (κ1) is 20.1. The number of furan rings is 1. The van der Waals surface area contributed by atoms with Gasteiger partial charge in [-0.05, 0) is 29.8 Å². The summed E-state index contributed by atoms with van der Waals surface area (Å²) < 4.78 is 16.0. The Balaban J connectivity index is 1.47. The van der Waals surface area contributed by atoms with Gasteiger partial charge in [-0.25, -0.2) is 4.79 Å². The summed E-state index contributed by atoms with van der Waals surface area (Å²) in [5.41, 5.74) is 2.10. The molecular weight excluding hydrogens is 398 g/mol. The van der Waals surface area contributed by atoms with Crippen molar-refractivity contribution in [3.8, 4) is 0 Å². The maximum Gasteiger partial charge on any atom is 0.339 e. The third kappa shape index (κ3) is 4.37. The van der Waals surface area contributed by atoms with E-state index in [2.05, 4.69) is 15.5 Å². The second kappa shape index (κ2) is 9.08. The molecule has 0 spiro atoms. The van der Waals surface area contributed by atoms with Crippen LogP contribution in [0, 0.1) is 0 Å². The van der Waals surface area contributed by atoms with Crippen molar-refractivity contribution in [2.75, 3.05) is 19.0 Å². The standard InChI is InChI=1S/C23H19N3O5/c1-29-23(28)16-10-5-6-11-17(16)24-19(27)14-31-22-20(15-8-3-2-4-9-15)21(25-26-22)18-12-7-13-30-18/h2-13,20H,14H2,1H3,(H,24,27). The van der Waals surface area contributed by atoms with E-state index in [4.69, 9.17) is 13.9 Å². The number of rotatable bonds is 6. The zero-order valence-corrected chi connectivity index (χ0v) is 16.6. The molecule has 0 saturated carbocycles. The van der Waals surface area contributed by atoms with Crippen LogP contribution in [0.3, 0.4) is 0 Å². The number of nitrogens with one attached hydrogen (secondary N) is 1. The van der Waals surface area contributed by atoms with E-state index in [1.54, 1.807) is 42.7 Å². The first-order chi connectivity index (χ1) is 15.2. The van der Waals surface area contributed by atoms with E-state index < -0.39 is 17.8 Å². The highest BCUT2D eigenvalue weighted by atomic mass is 16.5. The van der Waals surface area contributed by atoms with Crippen molar-refractivity contribution >= 4 is 29.2 Å². The molecule has 1 aliphatic heterocycles. The molecule has 1 unspecified atom stereocenters. The summed E-state index contributed by atoms with van der Waals surface area (Å²) in [6.45, 7) is -0.307. The van der Waals surface area contributed by atoms with Crippen molar-refractivity contribution in [3.63, 3.8) is 0 Å². The van der Waals surface area contributed by atoms with Gasteiger partial charge in [-0.3, -0.25) is 4.79 Å². The number of anilines is 1. The van der Waals surface area contributed by atoms with E-state index in [0.29, 0.717) is 17.2 Å². The molecule has 4 rings (SSSR count). The van der Waals surface area contributed by atoms with Gasteiger partial charge in [0.05, 0.1) is 24.6 Å². The van der Waals surface area contributed by atoms with Gasteiger partial charge >= 0.3 is 5.97 Å². The minimum Gasteiger partial charge on any atom is -0.469 e. The van der Waals surface area contributed by atoms with Crippen LogP contribution in [0.4, 0.5) is 5.69 Å². The fourth-order valence-electron chi connectivity index (χ4n) is 3.22. The van der Waals surface area contributed by atoms with Gasteiger partial charge < -0.3 is 19.2 Å². The summed E-state index contributed by atoms with van der Waals surface area (Å²) in [5.74, 6) is -0.529. The van der Waals surface area contributed by atoms with Crippen molar-refractivity contribution < 1.29 is 23.5 Å². The Bertz CT molecular complexity index is 1140. The number of hydrogen-bond acceptors (Lipinski definition) is 7. The molecule has 0 radical (unpaired) electrons. The highest BCUT2D eigenvalue weighted by Gasteiger charge is 2.33. The molecule has 0 fully saturated rings. The molecule has 8 nitrogen and oxygen atoms in total. The van der Waals surface area contributed by atoms with E-state index in [9.17, 15) is 9.59 Å². The maximum atomic E-state index is 12.5. The number of esters is 1. The zero-order valence-electron chi connectivity index (χ0n) is 16.6. The SMILES string of the molecule is COC(=O)c1ccccc1NC(=O)COC1=NN=C(c2ccco2)C1c1ccccc1. The topological polar surface area (TPSA) is 102 Å². The van der Waals surface area contributed by atoms with Crippen LogP contribution in [0.2, 0.25) is 0 Å². The van der Waals surface area contributed by atoms with Gasteiger partial charge in [0.25, 0.3) is 5.91 Å². The summed E-state index contributed by atoms with van der Waals surface area (Å²) in [7, 11) is 1.28. The Morgan fingerprint density at radius 3 is 2.52 bits per heavy atom. The number of carbonyl (C=O) groups is 2. The van der Waals surface area contributed by atoms with Gasteiger partial charge in [-0.2, -0.15) is 0 Å². The highest BCUT2D eigenvalue weighted by Crippen LogP contribution is 2.29. The van der Waals surface area contributed by atoms with Gasteiger partial charge in [-0.1, -0.05) is 42.5 Å². The second-order valence-electron chi connectivity index (χ2n) is 6.62. The number of methoxy groups -OCH3 is 1. The predicted octanol–water partition coefficient (Wildman–Crippen LogP) is 3.62. The second-order valence-corrected chi connectivity index (χ2v) is 6.62. The Morgan fingerprint density at radius 2 is 1.77 bits per heavy atom. The molecule has 0 saturated heterocycles. The van der Waals surface area contributed by atoms with Crippen molar-refractivity contribution in [3.05, 3.63) is 89.9 Å². The minimum atomic E-state index is -0.544. The Hall–Kier alpha value is -4.20. The normalized spacial score (nSPS) is 15.1. The molecule has 3 aromatic rings. The van der Waals surface area contributed by atoms with Crippen molar-refractivity contribution in [1.82, 2.24) is 0 Å².